The summed E-state index contributed by atoms with van der Waals surface area (Å²) in [5.74, 6) is -0.129. The summed E-state index contributed by atoms with van der Waals surface area (Å²) in [6, 6.07) is 16.7. The van der Waals surface area contributed by atoms with Gasteiger partial charge in [-0.15, -0.1) is 0 Å². The van der Waals surface area contributed by atoms with E-state index in [0.29, 0.717) is 13.1 Å². The Bertz CT molecular complexity index is 771. The molecule has 3 rings (SSSR count). The first-order valence-corrected chi connectivity index (χ1v) is 9.98. The molecule has 0 bridgehead atoms. The Morgan fingerprint density at radius 1 is 1.26 bits per heavy atom. The van der Waals surface area contributed by atoms with Crippen molar-refractivity contribution in [2.45, 2.75) is 24.6 Å². The fourth-order valence-corrected chi connectivity index (χ4v) is 4.11. The van der Waals surface area contributed by atoms with Gasteiger partial charge in [0.25, 0.3) is 0 Å². The third-order valence-corrected chi connectivity index (χ3v) is 5.91. The highest BCUT2D eigenvalue weighted by molar-refractivity contribution is 9.10. The van der Waals surface area contributed by atoms with Crippen molar-refractivity contribution >= 4 is 21.8 Å². The zero-order chi connectivity index (χ0) is 19.4. The van der Waals surface area contributed by atoms with Crippen LogP contribution >= 0.6 is 15.9 Å². The number of nitrogens with zero attached hydrogens (tertiary/aromatic N) is 2. The van der Waals surface area contributed by atoms with Crippen molar-refractivity contribution in [2.24, 2.45) is 5.73 Å². The zero-order valence-electron chi connectivity index (χ0n) is 15.5. The van der Waals surface area contributed by atoms with Crippen LogP contribution in [0.25, 0.3) is 0 Å². The van der Waals surface area contributed by atoms with Crippen molar-refractivity contribution < 1.29 is 9.90 Å². The number of rotatable bonds is 6. The lowest BCUT2D eigenvalue weighted by Gasteiger charge is -2.33. The first-order chi connectivity index (χ1) is 13.0. The number of aliphatic hydroxyl groups excluding tert-OH is 1. The third kappa shape index (κ3) is 4.76. The van der Waals surface area contributed by atoms with E-state index in [2.05, 4.69) is 20.8 Å². The zero-order valence-corrected chi connectivity index (χ0v) is 17.0. The van der Waals surface area contributed by atoms with Crippen molar-refractivity contribution in [3.63, 3.8) is 0 Å². The van der Waals surface area contributed by atoms with E-state index < -0.39 is 6.04 Å². The van der Waals surface area contributed by atoms with E-state index in [1.54, 1.807) is 4.90 Å². The number of aliphatic hydroxyl groups is 1. The SMILES string of the molecule is CN(C(=O)C(N)c1ccccc1Br)C(CN1CCC(O)C1)c1ccccc1. The fraction of sp³-hybridized carbons (Fsp3) is 0.381. The topological polar surface area (TPSA) is 69.8 Å². The molecule has 1 aliphatic heterocycles. The molecular weight excluding hydrogens is 406 g/mol. The van der Waals surface area contributed by atoms with Crippen molar-refractivity contribution in [2.75, 3.05) is 26.7 Å². The van der Waals surface area contributed by atoms with E-state index in [1.807, 2.05) is 61.6 Å². The maximum absolute atomic E-state index is 13.2. The minimum atomic E-state index is -0.735. The van der Waals surface area contributed by atoms with E-state index in [4.69, 9.17) is 5.73 Å². The summed E-state index contributed by atoms with van der Waals surface area (Å²) in [6.07, 6.45) is 0.486. The molecule has 3 unspecified atom stereocenters. The lowest BCUT2D eigenvalue weighted by molar-refractivity contribution is -0.134. The standard InChI is InChI=1S/C21H26BrN3O2/c1-24(21(27)20(23)17-9-5-6-10-18(17)22)19(15-7-3-2-4-8-15)14-25-12-11-16(26)13-25/h2-10,16,19-20,26H,11-14,23H2,1H3. The molecule has 0 spiro atoms. The van der Waals surface area contributed by atoms with Crippen LogP contribution in [0.4, 0.5) is 0 Å². The summed E-state index contributed by atoms with van der Waals surface area (Å²) in [7, 11) is 1.81. The van der Waals surface area contributed by atoms with Gasteiger partial charge in [-0.25, -0.2) is 0 Å². The Morgan fingerprint density at radius 3 is 2.56 bits per heavy atom. The molecule has 0 aromatic heterocycles. The van der Waals surface area contributed by atoms with E-state index in [9.17, 15) is 9.90 Å². The molecule has 6 heteroatoms. The molecular formula is C21H26BrN3O2. The molecule has 5 nitrogen and oxygen atoms in total. The molecule has 144 valence electrons. The Labute approximate surface area is 168 Å². The van der Waals surface area contributed by atoms with Gasteiger partial charge >= 0.3 is 0 Å². The normalized spacial score (nSPS) is 19.6. The highest BCUT2D eigenvalue weighted by Crippen LogP contribution is 2.28. The molecule has 1 aliphatic rings. The first kappa shape index (κ1) is 20.0. The van der Waals surface area contributed by atoms with E-state index in [0.717, 1.165) is 28.6 Å². The van der Waals surface area contributed by atoms with Crippen LogP contribution in [0.1, 0.15) is 29.6 Å². The van der Waals surface area contributed by atoms with Gasteiger partial charge in [0.05, 0.1) is 12.1 Å². The minimum absolute atomic E-state index is 0.127. The Hall–Kier alpha value is -1.73. The highest BCUT2D eigenvalue weighted by atomic mass is 79.9. The maximum atomic E-state index is 13.2. The van der Waals surface area contributed by atoms with Crippen LogP contribution in [0.5, 0.6) is 0 Å². The van der Waals surface area contributed by atoms with Crippen molar-refractivity contribution in [3.8, 4) is 0 Å². The summed E-state index contributed by atoms with van der Waals surface area (Å²) < 4.78 is 0.832. The van der Waals surface area contributed by atoms with Crippen LogP contribution in [0.3, 0.4) is 0 Å². The number of benzene rings is 2. The number of β-amino-alcohol motifs (C(OH)–C–C–N with tert-alkyl or cyclic N) is 1. The average Bonchev–Trinajstić information content (AvgIpc) is 3.10. The van der Waals surface area contributed by atoms with Crippen molar-refractivity contribution in [1.29, 1.82) is 0 Å². The van der Waals surface area contributed by atoms with Gasteiger partial charge in [0.2, 0.25) is 5.91 Å². The number of likely N-dealkylation sites (tertiary alicyclic amines) is 1. The summed E-state index contributed by atoms with van der Waals surface area (Å²) in [6.45, 7) is 2.15. The molecule has 1 saturated heterocycles. The Kier molecular flexibility index (Phi) is 6.65. The lowest BCUT2D eigenvalue weighted by Crippen LogP contribution is -2.42. The largest absolute Gasteiger partial charge is 0.392 e. The molecule has 2 aromatic rings. The van der Waals surface area contributed by atoms with E-state index in [1.165, 1.54) is 0 Å². The number of hydrogen-bond donors (Lipinski definition) is 2. The molecule has 3 N–H and O–H groups in total. The number of carbonyl (C=O) groups is 1. The summed E-state index contributed by atoms with van der Waals surface area (Å²) >= 11 is 3.49. The first-order valence-electron chi connectivity index (χ1n) is 9.19. The highest BCUT2D eigenvalue weighted by Gasteiger charge is 2.31. The van der Waals surface area contributed by atoms with Gasteiger partial charge in [-0.3, -0.25) is 9.69 Å². The second-order valence-corrected chi connectivity index (χ2v) is 7.93. The number of likely N-dealkylation sites (N-methyl/N-ethyl adjacent to an activating group) is 1. The molecule has 0 radical (unpaired) electrons. The predicted octanol–water partition coefficient (Wildman–Crippen LogP) is 2.72. The summed E-state index contributed by atoms with van der Waals surface area (Å²) in [5, 5.41) is 9.85. The Balaban J connectivity index is 1.82. The molecule has 0 saturated carbocycles. The van der Waals surface area contributed by atoms with Crippen molar-refractivity contribution in [3.05, 3.63) is 70.2 Å². The molecule has 0 aliphatic carbocycles. The molecule has 1 heterocycles. The van der Waals surface area contributed by atoms with Crippen LogP contribution < -0.4 is 5.73 Å². The van der Waals surface area contributed by atoms with Gasteiger partial charge in [0.15, 0.2) is 0 Å². The van der Waals surface area contributed by atoms with Crippen LogP contribution in [0.2, 0.25) is 0 Å². The molecule has 27 heavy (non-hydrogen) atoms. The van der Waals surface area contributed by atoms with Crippen LogP contribution in [-0.2, 0) is 4.79 Å². The molecule has 3 atom stereocenters. The number of amides is 1. The summed E-state index contributed by atoms with van der Waals surface area (Å²) in [5.41, 5.74) is 8.15. The number of halogens is 1. The van der Waals surface area contributed by atoms with Crippen LogP contribution in [0.15, 0.2) is 59.1 Å². The van der Waals surface area contributed by atoms with Gasteiger partial charge in [-0.05, 0) is 23.6 Å². The van der Waals surface area contributed by atoms with Gasteiger partial charge in [0.1, 0.15) is 6.04 Å². The van der Waals surface area contributed by atoms with Crippen LogP contribution in [-0.4, -0.2) is 53.6 Å². The molecule has 1 amide bonds. The quantitative estimate of drug-likeness (QED) is 0.737. The second kappa shape index (κ2) is 8.97. The van der Waals surface area contributed by atoms with Crippen molar-refractivity contribution in [1.82, 2.24) is 9.80 Å². The second-order valence-electron chi connectivity index (χ2n) is 7.08. The lowest BCUT2D eigenvalue weighted by atomic mass is 10.0. The van der Waals surface area contributed by atoms with Gasteiger partial charge in [0, 0.05) is 31.2 Å². The minimum Gasteiger partial charge on any atom is -0.392 e. The molecule has 1 fully saturated rings. The molecule has 2 aromatic carbocycles. The van der Waals surface area contributed by atoms with Gasteiger partial charge in [-0.2, -0.15) is 0 Å². The Morgan fingerprint density at radius 2 is 1.93 bits per heavy atom. The summed E-state index contributed by atoms with van der Waals surface area (Å²) in [4.78, 5) is 17.1. The van der Waals surface area contributed by atoms with Crippen LogP contribution in [0, 0.1) is 0 Å². The van der Waals surface area contributed by atoms with E-state index in [-0.39, 0.29) is 18.1 Å². The maximum Gasteiger partial charge on any atom is 0.244 e. The van der Waals surface area contributed by atoms with Gasteiger partial charge in [-0.1, -0.05) is 64.5 Å². The average molecular weight is 432 g/mol. The fourth-order valence-electron chi connectivity index (χ4n) is 3.58. The number of carbonyl (C=O) groups excluding carboxylic acids is 1. The monoisotopic (exact) mass is 431 g/mol. The van der Waals surface area contributed by atoms with Gasteiger partial charge < -0.3 is 15.7 Å². The number of hydrogen-bond acceptors (Lipinski definition) is 4. The van der Waals surface area contributed by atoms with E-state index >= 15 is 0 Å². The smallest absolute Gasteiger partial charge is 0.244 e. The number of nitrogens with two attached hydrogens (primary N) is 1. The third-order valence-electron chi connectivity index (χ3n) is 5.18. The predicted molar refractivity (Wildman–Crippen MR) is 110 cm³/mol.